The molecule has 0 saturated heterocycles. The number of rotatable bonds is 4. The molecule has 0 aliphatic rings. The molecule has 92 valence electrons. The molecule has 1 aromatic carbocycles. The van der Waals surface area contributed by atoms with Gasteiger partial charge in [-0.2, -0.15) is 0 Å². The Morgan fingerprint density at radius 1 is 1.53 bits per heavy atom. The lowest BCUT2D eigenvalue weighted by molar-refractivity contribution is -0.132. The van der Waals surface area contributed by atoms with E-state index in [1.54, 1.807) is 0 Å². The fraction of sp³-hybridized carbons (Fsp3) is 0.273. The van der Waals surface area contributed by atoms with Gasteiger partial charge in [-0.25, -0.2) is 9.18 Å². The molecular formula is C11H11BrFNO3. The Morgan fingerprint density at radius 2 is 2.24 bits per heavy atom. The number of halogens is 2. The number of carbonyl (C=O) groups excluding carboxylic acids is 1. The summed E-state index contributed by atoms with van der Waals surface area (Å²) in [5, 5.41) is 0. The van der Waals surface area contributed by atoms with Gasteiger partial charge < -0.3 is 9.47 Å². The van der Waals surface area contributed by atoms with E-state index in [2.05, 4.69) is 25.7 Å². The third kappa shape index (κ3) is 3.81. The van der Waals surface area contributed by atoms with Crippen molar-refractivity contribution in [2.45, 2.75) is 6.54 Å². The van der Waals surface area contributed by atoms with Gasteiger partial charge in [-0.3, -0.25) is 4.99 Å². The molecule has 0 N–H and O–H groups in total. The molecule has 0 spiro atoms. The normalized spacial score (nSPS) is 10.6. The molecule has 0 radical (unpaired) electrons. The second kappa shape index (κ2) is 6.34. The Bertz CT molecular complexity index is 449. The van der Waals surface area contributed by atoms with Gasteiger partial charge >= 0.3 is 5.97 Å². The maximum Gasteiger partial charge on any atom is 0.348 e. The summed E-state index contributed by atoms with van der Waals surface area (Å²) in [4.78, 5) is 14.6. The summed E-state index contributed by atoms with van der Waals surface area (Å²) < 4.78 is 23.2. The smallest absolute Gasteiger partial charge is 0.348 e. The molecule has 0 bridgehead atoms. The Balaban J connectivity index is 2.90. The number of hydrogen-bond donors (Lipinski definition) is 0. The van der Waals surface area contributed by atoms with Crippen molar-refractivity contribution in [2.75, 3.05) is 14.2 Å². The second-order valence-corrected chi connectivity index (χ2v) is 3.93. The van der Waals surface area contributed by atoms with E-state index in [4.69, 9.17) is 4.74 Å². The average molecular weight is 304 g/mol. The van der Waals surface area contributed by atoms with Crippen LogP contribution in [0.5, 0.6) is 5.75 Å². The second-order valence-electron chi connectivity index (χ2n) is 3.07. The van der Waals surface area contributed by atoms with Crippen LogP contribution in [0.15, 0.2) is 21.6 Å². The van der Waals surface area contributed by atoms with Gasteiger partial charge in [-0.15, -0.1) is 0 Å². The van der Waals surface area contributed by atoms with Crippen molar-refractivity contribution >= 4 is 28.1 Å². The third-order valence-electron chi connectivity index (χ3n) is 1.95. The van der Waals surface area contributed by atoms with Crippen molar-refractivity contribution in [1.82, 2.24) is 0 Å². The number of benzene rings is 1. The lowest BCUT2D eigenvalue weighted by Crippen LogP contribution is -2.01. The van der Waals surface area contributed by atoms with Crippen molar-refractivity contribution in [3.05, 3.63) is 28.0 Å². The van der Waals surface area contributed by atoms with Gasteiger partial charge in [0.25, 0.3) is 0 Å². The van der Waals surface area contributed by atoms with Gasteiger partial charge in [-0.05, 0) is 28.1 Å². The average Bonchev–Trinajstić information content (AvgIpc) is 2.28. The zero-order valence-corrected chi connectivity index (χ0v) is 11.0. The van der Waals surface area contributed by atoms with E-state index in [9.17, 15) is 9.18 Å². The summed E-state index contributed by atoms with van der Waals surface area (Å²) in [6, 6.07) is 2.60. The lowest BCUT2D eigenvalue weighted by atomic mass is 10.2. The molecule has 4 nitrogen and oxygen atoms in total. The first-order valence-electron chi connectivity index (χ1n) is 4.68. The predicted octanol–water partition coefficient (Wildman–Crippen LogP) is 2.34. The molecule has 0 fully saturated rings. The fourth-order valence-corrected chi connectivity index (χ4v) is 1.87. The van der Waals surface area contributed by atoms with E-state index >= 15 is 0 Å². The standard InChI is InChI=1S/C11H11BrFNO3/c1-16-10(15)6-14-5-7-3-8(13)4-9(12)11(7)17-2/h3-4,6H,5H2,1-2H3. The highest BCUT2D eigenvalue weighted by atomic mass is 79.9. The maximum atomic E-state index is 13.2. The molecule has 0 heterocycles. The summed E-state index contributed by atoms with van der Waals surface area (Å²) in [5.74, 6) is -0.464. The van der Waals surface area contributed by atoms with Gasteiger partial charge in [0.15, 0.2) is 0 Å². The van der Waals surface area contributed by atoms with Crippen molar-refractivity contribution in [3.63, 3.8) is 0 Å². The number of carbonyl (C=O) groups is 1. The topological polar surface area (TPSA) is 47.9 Å². The van der Waals surface area contributed by atoms with E-state index in [0.717, 1.165) is 6.21 Å². The number of ether oxygens (including phenoxy) is 2. The van der Waals surface area contributed by atoms with Crippen LogP contribution in [0.2, 0.25) is 0 Å². The van der Waals surface area contributed by atoms with Crippen LogP contribution in [0.3, 0.4) is 0 Å². The minimum absolute atomic E-state index is 0.134. The summed E-state index contributed by atoms with van der Waals surface area (Å²) >= 11 is 3.18. The number of esters is 1. The minimum atomic E-state index is -0.556. The van der Waals surface area contributed by atoms with E-state index in [0.29, 0.717) is 15.8 Å². The van der Waals surface area contributed by atoms with Crippen LogP contribution in [0.4, 0.5) is 4.39 Å². The van der Waals surface area contributed by atoms with Crippen molar-refractivity contribution in [1.29, 1.82) is 0 Å². The maximum absolute atomic E-state index is 13.2. The summed E-state index contributed by atoms with van der Waals surface area (Å²) in [5.41, 5.74) is 0.541. The third-order valence-corrected chi connectivity index (χ3v) is 2.54. The van der Waals surface area contributed by atoms with Crippen LogP contribution in [0.1, 0.15) is 5.56 Å². The van der Waals surface area contributed by atoms with E-state index in [1.807, 2.05) is 0 Å². The van der Waals surface area contributed by atoms with Gasteiger partial charge in [0.1, 0.15) is 17.8 Å². The van der Waals surface area contributed by atoms with Crippen molar-refractivity contribution in [3.8, 4) is 5.75 Å². The number of methoxy groups -OCH3 is 2. The quantitative estimate of drug-likeness (QED) is 0.633. The highest BCUT2D eigenvalue weighted by Gasteiger charge is 2.09. The van der Waals surface area contributed by atoms with E-state index in [-0.39, 0.29) is 6.54 Å². The summed E-state index contributed by atoms with van der Waals surface area (Å²) in [6.07, 6.45) is 1.04. The Morgan fingerprint density at radius 3 is 2.82 bits per heavy atom. The van der Waals surface area contributed by atoms with Crippen LogP contribution in [-0.4, -0.2) is 26.4 Å². The summed E-state index contributed by atoms with van der Waals surface area (Å²) in [6.45, 7) is 0.134. The van der Waals surface area contributed by atoms with Crippen LogP contribution in [0, 0.1) is 5.82 Å². The zero-order chi connectivity index (χ0) is 12.8. The highest BCUT2D eigenvalue weighted by Crippen LogP contribution is 2.30. The SMILES string of the molecule is COC(=O)C=NCc1cc(F)cc(Br)c1OC. The lowest BCUT2D eigenvalue weighted by Gasteiger charge is -2.08. The molecule has 0 atom stereocenters. The minimum Gasteiger partial charge on any atom is -0.495 e. The van der Waals surface area contributed by atoms with Crippen LogP contribution in [0.25, 0.3) is 0 Å². The molecule has 17 heavy (non-hydrogen) atoms. The van der Waals surface area contributed by atoms with Crippen LogP contribution < -0.4 is 4.74 Å². The molecule has 0 aromatic heterocycles. The van der Waals surface area contributed by atoms with Gasteiger partial charge in [0.05, 0.1) is 25.2 Å². The van der Waals surface area contributed by atoms with Gasteiger partial charge in [0.2, 0.25) is 0 Å². The number of aliphatic imine (C=N–C) groups is 1. The van der Waals surface area contributed by atoms with Crippen LogP contribution >= 0.6 is 15.9 Å². The fourth-order valence-electron chi connectivity index (χ4n) is 1.23. The first kappa shape index (κ1) is 13.6. The largest absolute Gasteiger partial charge is 0.495 e. The molecule has 0 aliphatic heterocycles. The van der Waals surface area contributed by atoms with Crippen LogP contribution in [-0.2, 0) is 16.1 Å². The Kier molecular flexibility index (Phi) is 5.09. The van der Waals surface area contributed by atoms with Crippen molar-refractivity contribution in [2.24, 2.45) is 4.99 Å². The zero-order valence-electron chi connectivity index (χ0n) is 9.37. The molecule has 0 unspecified atom stereocenters. The molecular weight excluding hydrogens is 293 g/mol. The van der Waals surface area contributed by atoms with Gasteiger partial charge in [0, 0.05) is 5.56 Å². The molecule has 0 aliphatic carbocycles. The van der Waals surface area contributed by atoms with Crippen molar-refractivity contribution < 1.29 is 18.7 Å². The number of nitrogens with zero attached hydrogens (tertiary/aromatic N) is 1. The Labute approximate surface area is 107 Å². The van der Waals surface area contributed by atoms with Gasteiger partial charge in [-0.1, -0.05) is 0 Å². The monoisotopic (exact) mass is 303 g/mol. The predicted molar refractivity (Wildman–Crippen MR) is 64.9 cm³/mol. The highest BCUT2D eigenvalue weighted by molar-refractivity contribution is 9.10. The molecule has 1 aromatic rings. The number of hydrogen-bond acceptors (Lipinski definition) is 4. The van der Waals surface area contributed by atoms with E-state index < -0.39 is 11.8 Å². The Hall–Kier alpha value is -1.43. The first-order valence-corrected chi connectivity index (χ1v) is 5.47. The molecule has 0 amide bonds. The molecule has 6 heteroatoms. The summed E-state index contributed by atoms with van der Waals surface area (Å²) in [7, 11) is 2.74. The molecule has 0 saturated carbocycles. The first-order chi connectivity index (χ1) is 8.08. The molecule has 1 rings (SSSR count). The van der Waals surface area contributed by atoms with E-state index in [1.165, 1.54) is 26.4 Å².